The molecule has 0 aromatic heterocycles. The van der Waals surface area contributed by atoms with Gasteiger partial charge < -0.3 is 26.2 Å². The van der Waals surface area contributed by atoms with Crippen LogP contribution in [-0.2, 0) is 33.5 Å². The number of carbonyl (C=O) groups excluding carboxylic acids is 3. The van der Waals surface area contributed by atoms with Crippen molar-refractivity contribution in [3.05, 3.63) is 81.1 Å². The summed E-state index contributed by atoms with van der Waals surface area (Å²) in [6, 6.07) is 10.8. The molecular weight excluding hydrogens is 581 g/mol. The summed E-state index contributed by atoms with van der Waals surface area (Å²) >= 11 is 0. The molecule has 9 nitrogen and oxygen atoms in total. The maximum atomic E-state index is 14.8. The first-order valence-corrected chi connectivity index (χ1v) is 14.4. The summed E-state index contributed by atoms with van der Waals surface area (Å²) in [7, 11) is 0. The van der Waals surface area contributed by atoms with Gasteiger partial charge in [0, 0.05) is 24.5 Å². The van der Waals surface area contributed by atoms with Gasteiger partial charge in [-0.25, -0.2) is 0 Å². The number of amides is 1. The Hall–Kier alpha value is -4.16. The van der Waals surface area contributed by atoms with Gasteiger partial charge in [0.1, 0.15) is 22.8 Å². The van der Waals surface area contributed by atoms with Crippen LogP contribution in [0.25, 0.3) is 5.76 Å². The summed E-state index contributed by atoms with van der Waals surface area (Å²) in [6.07, 6.45) is -4.59. The second-order valence-electron chi connectivity index (χ2n) is 12.1. The smallest absolute Gasteiger partial charge is 0.417 e. The number of phenols is 1. The molecule has 0 radical (unpaired) electrons. The van der Waals surface area contributed by atoms with E-state index in [2.05, 4.69) is 0 Å². The third-order valence-corrected chi connectivity index (χ3v) is 9.68. The van der Waals surface area contributed by atoms with Crippen molar-refractivity contribution in [2.75, 3.05) is 13.1 Å². The molecule has 2 aromatic rings. The topological polar surface area (TPSA) is 161 Å². The summed E-state index contributed by atoms with van der Waals surface area (Å²) in [6.45, 7) is 0.989. The van der Waals surface area contributed by atoms with Gasteiger partial charge in [-0.3, -0.25) is 19.3 Å². The van der Waals surface area contributed by atoms with Crippen molar-refractivity contribution in [3.8, 4) is 5.75 Å². The lowest BCUT2D eigenvalue weighted by atomic mass is 9.59. The molecule has 2 aromatic carbocycles. The second-order valence-corrected chi connectivity index (χ2v) is 12.1. The molecule has 6 rings (SSSR count). The minimum absolute atomic E-state index is 0.0937. The SMILES string of the molecule is NC(=O)C1=C(O)[C@@]2(O)C(=O)C3=C(O)c4c(O)cc(CN5CCC(c6ccccc6)CC5)c(C(F)(F)F)c4CC3C[C@H]2CC1=O. The van der Waals surface area contributed by atoms with Crippen LogP contribution in [0.1, 0.15) is 59.4 Å². The molecule has 4 aliphatic rings. The van der Waals surface area contributed by atoms with E-state index in [1.807, 2.05) is 35.2 Å². The van der Waals surface area contributed by atoms with Gasteiger partial charge in [0.15, 0.2) is 11.4 Å². The van der Waals surface area contributed by atoms with E-state index in [-0.39, 0.29) is 30.0 Å². The number of aromatic hydroxyl groups is 1. The van der Waals surface area contributed by atoms with E-state index in [0.29, 0.717) is 13.1 Å². The Morgan fingerprint density at radius 1 is 1.02 bits per heavy atom. The number of aliphatic hydroxyl groups is 3. The number of fused-ring (bicyclic) bond motifs is 3. The van der Waals surface area contributed by atoms with Crippen molar-refractivity contribution in [2.45, 2.75) is 56.3 Å². The fourth-order valence-corrected chi connectivity index (χ4v) is 7.63. The minimum atomic E-state index is -4.87. The molecular formula is C32H31F3N2O7. The number of aliphatic hydroxyl groups excluding tert-OH is 2. The van der Waals surface area contributed by atoms with Crippen molar-refractivity contribution in [1.29, 1.82) is 0 Å². The van der Waals surface area contributed by atoms with Crippen LogP contribution >= 0.6 is 0 Å². The van der Waals surface area contributed by atoms with E-state index in [4.69, 9.17) is 5.73 Å². The molecule has 12 heteroatoms. The molecule has 1 saturated heterocycles. The van der Waals surface area contributed by atoms with Crippen LogP contribution in [0.5, 0.6) is 5.75 Å². The van der Waals surface area contributed by atoms with Gasteiger partial charge in [0.2, 0.25) is 5.78 Å². The Kier molecular flexibility index (Phi) is 7.12. The first-order chi connectivity index (χ1) is 20.7. The molecule has 1 aliphatic heterocycles. The summed E-state index contributed by atoms with van der Waals surface area (Å²) in [5.74, 6) is -8.42. The summed E-state index contributed by atoms with van der Waals surface area (Å²) in [4.78, 5) is 39.9. The summed E-state index contributed by atoms with van der Waals surface area (Å²) in [5.41, 5.74) is 0.0243. The number of primary amides is 1. The highest BCUT2D eigenvalue weighted by atomic mass is 19.4. The molecule has 1 heterocycles. The fraction of sp³-hybridized carbons (Fsp3) is 0.406. The van der Waals surface area contributed by atoms with Crippen LogP contribution in [0.4, 0.5) is 13.2 Å². The van der Waals surface area contributed by atoms with Gasteiger partial charge in [-0.2, -0.15) is 13.2 Å². The number of piperidine rings is 1. The molecule has 0 spiro atoms. The maximum absolute atomic E-state index is 14.8. The highest BCUT2D eigenvalue weighted by Gasteiger charge is 2.60. The lowest BCUT2D eigenvalue weighted by Crippen LogP contribution is -2.58. The van der Waals surface area contributed by atoms with Gasteiger partial charge in [-0.15, -0.1) is 0 Å². The molecule has 44 heavy (non-hydrogen) atoms. The van der Waals surface area contributed by atoms with Crippen LogP contribution in [0, 0.1) is 11.8 Å². The zero-order chi connectivity index (χ0) is 31.7. The van der Waals surface area contributed by atoms with Crippen LogP contribution in [0.15, 0.2) is 53.3 Å². The van der Waals surface area contributed by atoms with Crippen LogP contribution in [0.2, 0.25) is 0 Å². The number of likely N-dealkylation sites (tertiary alicyclic amines) is 1. The van der Waals surface area contributed by atoms with Crippen LogP contribution in [-0.4, -0.2) is 61.5 Å². The Morgan fingerprint density at radius 3 is 2.30 bits per heavy atom. The fourth-order valence-electron chi connectivity index (χ4n) is 7.63. The highest BCUT2D eigenvalue weighted by molar-refractivity contribution is 6.22. The average Bonchev–Trinajstić information content (AvgIpc) is 2.95. The van der Waals surface area contributed by atoms with Gasteiger partial charge in [-0.1, -0.05) is 30.3 Å². The first-order valence-electron chi connectivity index (χ1n) is 14.4. The number of carbonyl (C=O) groups is 3. The minimum Gasteiger partial charge on any atom is -0.508 e. The summed E-state index contributed by atoms with van der Waals surface area (Å²) in [5, 5.41) is 44.2. The molecule has 3 aliphatic carbocycles. The van der Waals surface area contributed by atoms with E-state index in [1.165, 1.54) is 5.56 Å². The molecule has 1 unspecified atom stereocenters. The number of rotatable bonds is 4. The predicted molar refractivity (Wildman–Crippen MR) is 150 cm³/mol. The predicted octanol–water partition coefficient (Wildman–Crippen LogP) is 3.82. The molecule has 1 saturated carbocycles. The number of phenolic OH excluding ortho intramolecular Hbond substituents is 1. The molecule has 2 fully saturated rings. The van der Waals surface area contributed by atoms with Crippen molar-refractivity contribution in [2.24, 2.45) is 17.6 Å². The van der Waals surface area contributed by atoms with E-state index in [0.717, 1.165) is 18.9 Å². The number of benzene rings is 2. The van der Waals surface area contributed by atoms with Crippen LogP contribution < -0.4 is 5.73 Å². The van der Waals surface area contributed by atoms with Crippen molar-refractivity contribution >= 4 is 23.2 Å². The van der Waals surface area contributed by atoms with E-state index in [9.17, 15) is 48.0 Å². The van der Waals surface area contributed by atoms with Crippen molar-refractivity contribution in [1.82, 2.24) is 4.90 Å². The number of Topliss-reactive ketones (excluding diaryl/α,β-unsaturated/α-hetero) is 2. The van der Waals surface area contributed by atoms with E-state index in [1.54, 1.807) is 0 Å². The van der Waals surface area contributed by atoms with Gasteiger partial charge in [0.25, 0.3) is 5.91 Å². The normalized spacial score (nSPS) is 26.4. The van der Waals surface area contributed by atoms with E-state index < -0.39 is 93.5 Å². The number of hydrogen-bond acceptors (Lipinski definition) is 8. The molecule has 232 valence electrons. The average molecular weight is 613 g/mol. The Bertz CT molecular complexity index is 1640. The van der Waals surface area contributed by atoms with Crippen molar-refractivity contribution < 1.29 is 48.0 Å². The number of nitrogens with two attached hydrogens (primary N) is 1. The third-order valence-electron chi connectivity index (χ3n) is 9.68. The molecule has 6 N–H and O–H groups in total. The second kappa shape index (κ2) is 10.5. The number of alkyl halides is 3. The lowest BCUT2D eigenvalue weighted by Gasteiger charge is -2.46. The number of halogens is 3. The zero-order valence-electron chi connectivity index (χ0n) is 23.5. The number of hydrogen-bond donors (Lipinski definition) is 5. The van der Waals surface area contributed by atoms with Gasteiger partial charge >= 0.3 is 6.18 Å². The van der Waals surface area contributed by atoms with Crippen molar-refractivity contribution in [3.63, 3.8) is 0 Å². The quantitative estimate of drug-likeness (QED) is 0.326. The van der Waals surface area contributed by atoms with Gasteiger partial charge in [0.05, 0.1) is 11.1 Å². The first kappa shape index (κ1) is 29.9. The van der Waals surface area contributed by atoms with E-state index >= 15 is 0 Å². The molecule has 1 amide bonds. The highest BCUT2D eigenvalue weighted by Crippen LogP contribution is 2.54. The molecule has 3 atom stereocenters. The Labute approximate surface area is 250 Å². The Balaban J connectivity index is 1.38. The third kappa shape index (κ3) is 4.58. The van der Waals surface area contributed by atoms with Crippen LogP contribution in [0.3, 0.4) is 0 Å². The standard InChI is InChI=1S/C32H31F3N2O7/c33-32(34,35)26-18(14-37-8-6-16(7-9-37)15-4-2-1-3-5-15)12-21(38)24-20(26)11-17-10-19-13-22(39)25(30(36)43)29(42)31(19,44)28(41)23(17)27(24)40/h1-5,12,16-17,19,38,40,42,44H,6-11,13-14H2,(H2,36,43)/t17?,19-,31-/m0/s1. The monoisotopic (exact) mass is 612 g/mol. The zero-order valence-corrected chi connectivity index (χ0v) is 23.5. The molecule has 0 bridgehead atoms. The lowest BCUT2D eigenvalue weighted by molar-refractivity contribution is -0.147. The Morgan fingerprint density at radius 2 is 1.68 bits per heavy atom. The number of nitrogens with zero attached hydrogens (tertiary/aromatic N) is 1. The maximum Gasteiger partial charge on any atom is 0.417 e. The summed E-state index contributed by atoms with van der Waals surface area (Å²) < 4.78 is 44.3. The van der Waals surface area contributed by atoms with Gasteiger partial charge in [-0.05, 0) is 73.4 Å². The largest absolute Gasteiger partial charge is 0.508 e. The number of ketones is 2.